The molecule has 0 spiro atoms. The standard InChI is InChI=1S/C18H22N2O4/c21-16-3-1-2-10-20(16)15-6-4-13(5-7-15)17(22)19-11-8-14(9-12-19)18(23)24/h4-7,14H,1-3,8-12H2,(H,23,24). The van der Waals surface area contributed by atoms with E-state index in [1.54, 1.807) is 21.9 Å². The van der Waals surface area contributed by atoms with Gasteiger partial charge in [-0.3, -0.25) is 14.4 Å². The summed E-state index contributed by atoms with van der Waals surface area (Å²) in [6.45, 7) is 1.68. The minimum atomic E-state index is -0.780. The lowest BCUT2D eigenvalue weighted by atomic mass is 9.96. The average Bonchev–Trinajstić information content (AvgIpc) is 2.62. The molecular formula is C18H22N2O4. The van der Waals surface area contributed by atoms with Crippen molar-refractivity contribution in [2.45, 2.75) is 32.1 Å². The van der Waals surface area contributed by atoms with Crippen LogP contribution in [0.2, 0.25) is 0 Å². The van der Waals surface area contributed by atoms with Crippen LogP contribution in [0.1, 0.15) is 42.5 Å². The smallest absolute Gasteiger partial charge is 0.306 e. The van der Waals surface area contributed by atoms with Crippen molar-refractivity contribution in [3.05, 3.63) is 29.8 Å². The van der Waals surface area contributed by atoms with Crippen LogP contribution in [0.3, 0.4) is 0 Å². The third kappa shape index (κ3) is 3.42. The lowest BCUT2D eigenvalue weighted by Crippen LogP contribution is -2.40. The van der Waals surface area contributed by atoms with Gasteiger partial charge in [-0.05, 0) is 49.9 Å². The second-order valence-electron chi connectivity index (χ2n) is 6.45. The monoisotopic (exact) mass is 330 g/mol. The Morgan fingerprint density at radius 1 is 1.00 bits per heavy atom. The predicted molar refractivity (Wildman–Crippen MR) is 88.9 cm³/mol. The van der Waals surface area contributed by atoms with E-state index in [9.17, 15) is 14.4 Å². The largest absolute Gasteiger partial charge is 0.481 e. The molecule has 0 unspecified atom stereocenters. The molecule has 128 valence electrons. The molecule has 24 heavy (non-hydrogen) atoms. The molecule has 0 saturated carbocycles. The molecule has 1 aromatic carbocycles. The van der Waals surface area contributed by atoms with E-state index >= 15 is 0 Å². The van der Waals surface area contributed by atoms with Gasteiger partial charge in [-0.25, -0.2) is 0 Å². The van der Waals surface area contributed by atoms with E-state index in [0.717, 1.165) is 25.1 Å². The molecule has 0 bridgehead atoms. The second kappa shape index (κ2) is 7.03. The Labute approximate surface area is 141 Å². The number of rotatable bonds is 3. The molecule has 0 radical (unpaired) electrons. The molecular weight excluding hydrogens is 308 g/mol. The fraction of sp³-hybridized carbons (Fsp3) is 0.500. The van der Waals surface area contributed by atoms with Crippen molar-refractivity contribution in [3.8, 4) is 0 Å². The Balaban J connectivity index is 1.64. The van der Waals surface area contributed by atoms with Gasteiger partial charge >= 0.3 is 5.97 Å². The highest BCUT2D eigenvalue weighted by Gasteiger charge is 2.27. The Bertz CT molecular complexity index is 633. The highest BCUT2D eigenvalue weighted by Crippen LogP contribution is 2.23. The fourth-order valence-electron chi connectivity index (χ4n) is 3.37. The zero-order chi connectivity index (χ0) is 17.1. The van der Waals surface area contributed by atoms with Gasteiger partial charge in [0, 0.05) is 37.3 Å². The number of hydrogen-bond donors (Lipinski definition) is 1. The van der Waals surface area contributed by atoms with Gasteiger partial charge in [-0.15, -0.1) is 0 Å². The summed E-state index contributed by atoms with van der Waals surface area (Å²) >= 11 is 0. The maximum atomic E-state index is 12.5. The van der Waals surface area contributed by atoms with Gasteiger partial charge in [0.05, 0.1) is 5.92 Å². The predicted octanol–water partition coefficient (Wildman–Crippen LogP) is 2.14. The maximum Gasteiger partial charge on any atom is 0.306 e. The molecule has 2 heterocycles. The van der Waals surface area contributed by atoms with Crippen LogP contribution in [-0.4, -0.2) is 47.4 Å². The van der Waals surface area contributed by atoms with Crippen molar-refractivity contribution >= 4 is 23.5 Å². The number of carboxylic acids is 1. The van der Waals surface area contributed by atoms with Crippen molar-refractivity contribution in [3.63, 3.8) is 0 Å². The Morgan fingerprint density at radius 3 is 2.25 bits per heavy atom. The van der Waals surface area contributed by atoms with Gasteiger partial charge in [0.1, 0.15) is 0 Å². The van der Waals surface area contributed by atoms with Crippen LogP contribution in [0.5, 0.6) is 0 Å². The van der Waals surface area contributed by atoms with E-state index in [0.29, 0.717) is 37.9 Å². The molecule has 1 aromatic rings. The summed E-state index contributed by atoms with van der Waals surface area (Å²) in [5.74, 6) is -1.06. The molecule has 2 amide bonds. The minimum absolute atomic E-state index is 0.0737. The van der Waals surface area contributed by atoms with Gasteiger partial charge in [0.2, 0.25) is 5.91 Å². The first-order chi connectivity index (χ1) is 11.6. The van der Waals surface area contributed by atoms with Crippen molar-refractivity contribution in [2.75, 3.05) is 24.5 Å². The van der Waals surface area contributed by atoms with Gasteiger partial charge in [0.25, 0.3) is 5.91 Å². The van der Waals surface area contributed by atoms with Crippen molar-refractivity contribution < 1.29 is 19.5 Å². The average molecular weight is 330 g/mol. The molecule has 1 N–H and O–H groups in total. The quantitative estimate of drug-likeness (QED) is 0.921. The molecule has 2 fully saturated rings. The lowest BCUT2D eigenvalue weighted by molar-refractivity contribution is -0.143. The van der Waals surface area contributed by atoms with Gasteiger partial charge in [-0.1, -0.05) is 0 Å². The number of likely N-dealkylation sites (tertiary alicyclic amines) is 1. The number of carbonyl (C=O) groups excluding carboxylic acids is 2. The molecule has 2 aliphatic rings. The Kier molecular flexibility index (Phi) is 4.83. The van der Waals surface area contributed by atoms with Crippen LogP contribution in [0.4, 0.5) is 5.69 Å². The summed E-state index contributed by atoms with van der Waals surface area (Å²) in [6.07, 6.45) is 3.53. The Morgan fingerprint density at radius 2 is 1.67 bits per heavy atom. The van der Waals surface area contributed by atoms with E-state index in [1.807, 2.05) is 12.1 Å². The van der Waals surface area contributed by atoms with Crippen LogP contribution in [0.15, 0.2) is 24.3 Å². The van der Waals surface area contributed by atoms with Crippen LogP contribution < -0.4 is 4.90 Å². The third-order valence-electron chi connectivity index (χ3n) is 4.88. The SMILES string of the molecule is O=C(O)C1CCN(C(=O)c2ccc(N3CCCCC3=O)cc2)CC1. The normalized spacial score (nSPS) is 19.4. The number of carbonyl (C=O) groups is 3. The van der Waals surface area contributed by atoms with Crippen molar-refractivity contribution in [1.29, 1.82) is 0 Å². The Hall–Kier alpha value is -2.37. The second-order valence-corrected chi connectivity index (χ2v) is 6.45. The van der Waals surface area contributed by atoms with Crippen LogP contribution in [-0.2, 0) is 9.59 Å². The van der Waals surface area contributed by atoms with Crippen LogP contribution in [0.25, 0.3) is 0 Å². The highest BCUT2D eigenvalue weighted by molar-refractivity contribution is 5.97. The fourth-order valence-corrected chi connectivity index (χ4v) is 3.37. The summed E-state index contributed by atoms with van der Waals surface area (Å²) in [7, 11) is 0. The first kappa shape index (κ1) is 16.5. The molecule has 0 aromatic heterocycles. The van der Waals surface area contributed by atoms with E-state index in [1.165, 1.54) is 0 Å². The number of anilines is 1. The molecule has 6 heteroatoms. The number of carboxylic acid groups (broad SMARTS) is 1. The first-order valence-corrected chi connectivity index (χ1v) is 8.49. The van der Waals surface area contributed by atoms with Crippen LogP contribution >= 0.6 is 0 Å². The lowest BCUT2D eigenvalue weighted by Gasteiger charge is -2.30. The number of amides is 2. The molecule has 0 aliphatic carbocycles. The topological polar surface area (TPSA) is 77.9 Å². The number of piperidine rings is 2. The third-order valence-corrected chi connectivity index (χ3v) is 4.88. The van der Waals surface area contributed by atoms with Gasteiger partial charge in [-0.2, -0.15) is 0 Å². The van der Waals surface area contributed by atoms with Crippen molar-refractivity contribution in [1.82, 2.24) is 4.90 Å². The molecule has 0 atom stereocenters. The first-order valence-electron chi connectivity index (χ1n) is 8.49. The van der Waals surface area contributed by atoms with Crippen molar-refractivity contribution in [2.24, 2.45) is 5.92 Å². The van der Waals surface area contributed by atoms with E-state index < -0.39 is 5.97 Å². The van der Waals surface area contributed by atoms with E-state index in [4.69, 9.17) is 5.11 Å². The van der Waals surface area contributed by atoms with E-state index in [2.05, 4.69) is 0 Å². The zero-order valence-corrected chi connectivity index (χ0v) is 13.6. The molecule has 3 rings (SSSR count). The number of aliphatic carboxylic acids is 1. The zero-order valence-electron chi connectivity index (χ0n) is 13.6. The summed E-state index contributed by atoms with van der Waals surface area (Å²) in [5, 5.41) is 9.02. The summed E-state index contributed by atoms with van der Waals surface area (Å²) in [4.78, 5) is 38.9. The number of nitrogens with zero attached hydrogens (tertiary/aromatic N) is 2. The summed E-state index contributed by atoms with van der Waals surface area (Å²) in [5.41, 5.74) is 1.41. The maximum absolute atomic E-state index is 12.5. The summed E-state index contributed by atoms with van der Waals surface area (Å²) < 4.78 is 0. The number of benzene rings is 1. The number of hydrogen-bond acceptors (Lipinski definition) is 3. The highest BCUT2D eigenvalue weighted by atomic mass is 16.4. The molecule has 2 saturated heterocycles. The van der Waals surface area contributed by atoms with Gasteiger partial charge < -0.3 is 14.9 Å². The minimum Gasteiger partial charge on any atom is -0.481 e. The van der Waals surface area contributed by atoms with E-state index in [-0.39, 0.29) is 17.7 Å². The summed E-state index contributed by atoms with van der Waals surface area (Å²) in [6, 6.07) is 7.15. The molecule has 6 nitrogen and oxygen atoms in total. The molecule has 2 aliphatic heterocycles. The van der Waals surface area contributed by atoms with Crippen LogP contribution in [0, 0.1) is 5.92 Å². The van der Waals surface area contributed by atoms with Gasteiger partial charge in [0.15, 0.2) is 0 Å².